The molecule has 0 bridgehead atoms. The summed E-state index contributed by atoms with van der Waals surface area (Å²) in [6.07, 6.45) is 1.36. The Bertz CT molecular complexity index is 1710. The van der Waals surface area contributed by atoms with Gasteiger partial charge in [-0.1, -0.05) is 60.7 Å². The lowest BCUT2D eigenvalue weighted by atomic mass is 10.0. The molecule has 0 aliphatic rings. The highest BCUT2D eigenvalue weighted by Crippen LogP contribution is 2.20. The Hall–Kier alpha value is -5.69. The molecule has 13 nitrogen and oxygen atoms in total. The van der Waals surface area contributed by atoms with Crippen molar-refractivity contribution in [3.63, 3.8) is 0 Å². The zero-order chi connectivity index (χ0) is 33.9. The summed E-state index contributed by atoms with van der Waals surface area (Å²) in [7, 11) is 0. The molecular formula is C34H38N6O7. The second kappa shape index (κ2) is 16.0. The van der Waals surface area contributed by atoms with Crippen LogP contribution in [0.3, 0.4) is 0 Å². The Morgan fingerprint density at radius 3 is 1.98 bits per heavy atom. The minimum atomic E-state index is -1.30. The standard InChI is InChI=1S/C34H38N6O7/c35-25(16-21-10-12-23(41)13-11-21)31(43)38-27(14-15-30(36)42)32(44)39-28(18-22-19-37-26-9-5-4-8-24(22)26)33(45)40-29(34(46)47)17-20-6-2-1-3-7-20/h1-13,19,25,27-29,37,41H,14-18,35H2,(H2,36,42)(H,38,43)(H,39,44)(H,40,45)(H,46,47). The molecule has 47 heavy (non-hydrogen) atoms. The maximum Gasteiger partial charge on any atom is 0.326 e. The number of nitrogens with one attached hydrogen (secondary N) is 4. The van der Waals surface area contributed by atoms with Gasteiger partial charge < -0.3 is 42.6 Å². The lowest BCUT2D eigenvalue weighted by Crippen LogP contribution is -2.58. The molecular weight excluding hydrogens is 604 g/mol. The van der Waals surface area contributed by atoms with E-state index in [-0.39, 0.29) is 37.9 Å². The Labute approximate surface area is 270 Å². The molecule has 1 heterocycles. The van der Waals surface area contributed by atoms with E-state index in [0.29, 0.717) is 16.7 Å². The van der Waals surface area contributed by atoms with Crippen LogP contribution in [0.2, 0.25) is 0 Å². The van der Waals surface area contributed by atoms with Crippen molar-refractivity contribution in [2.45, 2.75) is 56.3 Å². The number of aliphatic carboxylic acids is 1. The van der Waals surface area contributed by atoms with E-state index in [2.05, 4.69) is 20.9 Å². The van der Waals surface area contributed by atoms with Crippen molar-refractivity contribution in [3.05, 3.63) is 102 Å². The van der Waals surface area contributed by atoms with Crippen molar-refractivity contribution in [2.24, 2.45) is 11.5 Å². The second-order valence-electron chi connectivity index (χ2n) is 11.3. The zero-order valence-electron chi connectivity index (χ0n) is 25.5. The molecule has 4 unspecified atom stereocenters. The summed E-state index contributed by atoms with van der Waals surface area (Å²) in [5, 5.41) is 28.0. The number of aromatic hydroxyl groups is 1. The number of fused-ring (bicyclic) bond motifs is 1. The normalized spacial score (nSPS) is 13.6. The first-order valence-electron chi connectivity index (χ1n) is 15.0. The number of benzene rings is 3. The molecule has 13 heteroatoms. The van der Waals surface area contributed by atoms with E-state index in [4.69, 9.17) is 11.5 Å². The van der Waals surface area contributed by atoms with Crippen molar-refractivity contribution >= 4 is 40.5 Å². The van der Waals surface area contributed by atoms with Gasteiger partial charge >= 0.3 is 5.97 Å². The molecule has 4 rings (SSSR count). The van der Waals surface area contributed by atoms with Gasteiger partial charge in [0.2, 0.25) is 23.6 Å². The number of para-hydroxylation sites is 1. The number of hydrogen-bond acceptors (Lipinski definition) is 7. The third-order valence-electron chi connectivity index (χ3n) is 7.67. The van der Waals surface area contributed by atoms with Crippen LogP contribution >= 0.6 is 0 Å². The predicted octanol–water partition coefficient (Wildman–Crippen LogP) is 1.03. The topological polar surface area (TPSA) is 230 Å². The Balaban J connectivity index is 1.55. The SMILES string of the molecule is NC(=O)CCC(NC(=O)C(N)Cc1ccc(O)cc1)C(=O)NC(Cc1c[nH]c2ccccc12)C(=O)NC(Cc1ccccc1)C(=O)O. The number of amides is 4. The maximum absolute atomic E-state index is 13.7. The minimum absolute atomic E-state index is 0.00583. The number of primary amides is 1. The van der Waals surface area contributed by atoms with E-state index in [9.17, 15) is 34.2 Å². The average molecular weight is 643 g/mol. The highest BCUT2D eigenvalue weighted by atomic mass is 16.4. The Kier molecular flexibility index (Phi) is 11.7. The molecule has 10 N–H and O–H groups in total. The number of aromatic nitrogens is 1. The molecule has 3 aromatic carbocycles. The van der Waals surface area contributed by atoms with Crippen LogP contribution < -0.4 is 27.4 Å². The van der Waals surface area contributed by atoms with Crippen molar-refractivity contribution in [3.8, 4) is 5.75 Å². The molecule has 0 spiro atoms. The van der Waals surface area contributed by atoms with Gasteiger partial charge in [-0.2, -0.15) is 0 Å². The van der Waals surface area contributed by atoms with Gasteiger partial charge in [0, 0.05) is 36.4 Å². The number of rotatable bonds is 16. The fourth-order valence-electron chi connectivity index (χ4n) is 5.14. The second-order valence-corrected chi connectivity index (χ2v) is 11.3. The van der Waals surface area contributed by atoms with E-state index in [1.807, 2.05) is 24.3 Å². The highest BCUT2D eigenvalue weighted by molar-refractivity contribution is 5.95. The molecule has 0 saturated carbocycles. The molecule has 0 radical (unpaired) electrons. The van der Waals surface area contributed by atoms with Gasteiger partial charge in [-0.3, -0.25) is 19.2 Å². The fourth-order valence-corrected chi connectivity index (χ4v) is 5.14. The lowest BCUT2D eigenvalue weighted by molar-refractivity contribution is -0.142. The molecule has 4 atom stereocenters. The smallest absolute Gasteiger partial charge is 0.326 e. The van der Waals surface area contributed by atoms with Gasteiger partial charge in [0.15, 0.2) is 0 Å². The summed E-state index contributed by atoms with van der Waals surface area (Å²) in [4.78, 5) is 67.3. The monoisotopic (exact) mass is 642 g/mol. The van der Waals surface area contributed by atoms with Crippen molar-refractivity contribution in [1.29, 1.82) is 0 Å². The van der Waals surface area contributed by atoms with Crippen LogP contribution in [0.1, 0.15) is 29.5 Å². The van der Waals surface area contributed by atoms with Crippen LogP contribution in [0.5, 0.6) is 5.75 Å². The summed E-state index contributed by atoms with van der Waals surface area (Å²) >= 11 is 0. The first-order chi connectivity index (χ1) is 22.5. The summed E-state index contributed by atoms with van der Waals surface area (Å²) < 4.78 is 0. The Morgan fingerprint density at radius 2 is 1.30 bits per heavy atom. The number of phenols is 1. The number of carboxylic acid groups (broad SMARTS) is 1. The van der Waals surface area contributed by atoms with Gasteiger partial charge in [0.05, 0.1) is 6.04 Å². The van der Waals surface area contributed by atoms with Crippen LogP contribution in [-0.2, 0) is 43.2 Å². The first kappa shape index (κ1) is 34.2. The van der Waals surface area contributed by atoms with E-state index in [1.165, 1.54) is 12.1 Å². The summed E-state index contributed by atoms with van der Waals surface area (Å²) in [5.74, 6) is -4.13. The van der Waals surface area contributed by atoms with E-state index in [0.717, 1.165) is 10.9 Å². The molecule has 1 aromatic heterocycles. The summed E-state index contributed by atoms with van der Waals surface area (Å²) in [5.41, 5.74) is 14.3. The van der Waals surface area contributed by atoms with Crippen molar-refractivity contribution in [1.82, 2.24) is 20.9 Å². The Morgan fingerprint density at radius 1 is 0.702 bits per heavy atom. The maximum atomic E-state index is 13.7. The van der Waals surface area contributed by atoms with Gasteiger partial charge in [-0.05, 0) is 47.7 Å². The van der Waals surface area contributed by atoms with Crippen LogP contribution in [0.4, 0.5) is 0 Å². The van der Waals surface area contributed by atoms with Crippen LogP contribution in [0, 0.1) is 0 Å². The van der Waals surface area contributed by atoms with Crippen LogP contribution in [0.25, 0.3) is 10.9 Å². The minimum Gasteiger partial charge on any atom is -0.508 e. The number of hydrogen-bond donors (Lipinski definition) is 8. The molecule has 246 valence electrons. The van der Waals surface area contributed by atoms with Gasteiger partial charge in [0.1, 0.15) is 23.9 Å². The molecule has 4 aromatic rings. The zero-order valence-corrected chi connectivity index (χ0v) is 25.5. The van der Waals surface area contributed by atoms with Gasteiger partial charge in [-0.25, -0.2) is 4.79 Å². The quantitative estimate of drug-likeness (QED) is 0.0878. The van der Waals surface area contributed by atoms with E-state index < -0.39 is 53.8 Å². The van der Waals surface area contributed by atoms with Gasteiger partial charge in [-0.15, -0.1) is 0 Å². The summed E-state index contributed by atoms with van der Waals surface area (Å²) in [6, 6.07) is 17.3. The number of nitrogens with two attached hydrogens (primary N) is 2. The average Bonchev–Trinajstić information content (AvgIpc) is 3.46. The number of H-pyrrole nitrogens is 1. The predicted molar refractivity (Wildman–Crippen MR) is 174 cm³/mol. The molecule has 0 aliphatic heterocycles. The van der Waals surface area contributed by atoms with Gasteiger partial charge in [0.25, 0.3) is 0 Å². The fraction of sp³-hybridized carbons (Fsp3) is 0.265. The number of carbonyl (C=O) groups is 5. The summed E-state index contributed by atoms with van der Waals surface area (Å²) in [6.45, 7) is 0. The van der Waals surface area contributed by atoms with E-state index in [1.54, 1.807) is 48.7 Å². The number of carboxylic acids is 1. The largest absolute Gasteiger partial charge is 0.508 e. The van der Waals surface area contributed by atoms with Crippen molar-refractivity contribution < 1.29 is 34.2 Å². The molecule has 0 aliphatic carbocycles. The van der Waals surface area contributed by atoms with Crippen molar-refractivity contribution in [2.75, 3.05) is 0 Å². The molecule has 4 amide bonds. The van der Waals surface area contributed by atoms with Crippen LogP contribution in [0.15, 0.2) is 85.1 Å². The molecule has 0 fully saturated rings. The highest BCUT2D eigenvalue weighted by Gasteiger charge is 2.31. The number of aromatic amines is 1. The first-order valence-corrected chi connectivity index (χ1v) is 15.0. The number of phenolic OH excluding ortho intramolecular Hbond substituents is 1. The third-order valence-corrected chi connectivity index (χ3v) is 7.67. The van der Waals surface area contributed by atoms with Crippen LogP contribution in [-0.4, -0.2) is 69.0 Å². The molecule has 0 saturated heterocycles. The number of carbonyl (C=O) groups excluding carboxylic acids is 4. The van der Waals surface area contributed by atoms with E-state index >= 15 is 0 Å². The third kappa shape index (κ3) is 9.90. The lowest BCUT2D eigenvalue weighted by Gasteiger charge is -2.25.